The van der Waals surface area contributed by atoms with Crippen LogP contribution in [0.4, 0.5) is 0 Å². The van der Waals surface area contributed by atoms with E-state index in [1.165, 1.54) is 29.2 Å². The minimum atomic E-state index is -1.05. The quantitative estimate of drug-likeness (QED) is 0.849. The molecule has 0 aliphatic heterocycles. The van der Waals surface area contributed by atoms with Crippen molar-refractivity contribution in [1.29, 1.82) is 0 Å². The normalized spacial score (nSPS) is 10.3. The minimum Gasteiger partial charge on any atom is -0.478 e. The molecule has 0 amide bonds. The molecule has 104 valence electrons. The maximum absolute atomic E-state index is 11.5. The van der Waals surface area contributed by atoms with Crippen LogP contribution in [-0.2, 0) is 4.74 Å². The fourth-order valence-corrected chi connectivity index (χ4v) is 1.66. The van der Waals surface area contributed by atoms with Gasteiger partial charge in [-0.3, -0.25) is 0 Å². The van der Waals surface area contributed by atoms with Crippen molar-refractivity contribution in [3.63, 3.8) is 0 Å². The van der Waals surface area contributed by atoms with Crippen LogP contribution in [0.2, 0.25) is 0 Å². The summed E-state index contributed by atoms with van der Waals surface area (Å²) >= 11 is 0. The van der Waals surface area contributed by atoms with E-state index < -0.39 is 11.9 Å². The summed E-state index contributed by atoms with van der Waals surface area (Å²) < 4.78 is 6.20. The Morgan fingerprint density at radius 2 is 2.10 bits per heavy atom. The summed E-state index contributed by atoms with van der Waals surface area (Å²) in [6.45, 7) is 3.67. The zero-order chi connectivity index (χ0) is 14.7. The maximum atomic E-state index is 11.5. The first-order valence-corrected chi connectivity index (χ1v) is 5.95. The van der Waals surface area contributed by atoms with Crippen LogP contribution in [0.15, 0.2) is 24.5 Å². The summed E-state index contributed by atoms with van der Waals surface area (Å²) in [5, 5.41) is 13.0. The van der Waals surface area contributed by atoms with Crippen LogP contribution >= 0.6 is 0 Å². The molecule has 0 unspecified atom stereocenters. The van der Waals surface area contributed by atoms with Crippen molar-refractivity contribution >= 4 is 11.9 Å². The topological polar surface area (TPSA) is 94.3 Å². The minimum absolute atomic E-state index is 0.112. The van der Waals surface area contributed by atoms with Crippen LogP contribution in [0.3, 0.4) is 0 Å². The lowest BCUT2D eigenvalue weighted by molar-refractivity contribution is 0.0525. The standard InChI is InChI=1S/C13H13N3O4/c1-3-20-13(19)10-6-14-16(7-10)11-5-9(12(17)18)4-8(2)15-11/h4-7H,3H2,1-2H3,(H,17,18). The molecular weight excluding hydrogens is 262 g/mol. The van der Waals surface area contributed by atoms with Crippen LogP contribution < -0.4 is 0 Å². The van der Waals surface area contributed by atoms with E-state index in [0.717, 1.165) is 0 Å². The molecule has 7 nitrogen and oxygen atoms in total. The van der Waals surface area contributed by atoms with E-state index in [0.29, 0.717) is 11.5 Å². The molecule has 0 radical (unpaired) electrons. The molecule has 0 bridgehead atoms. The zero-order valence-corrected chi connectivity index (χ0v) is 11.0. The zero-order valence-electron chi connectivity index (χ0n) is 11.0. The van der Waals surface area contributed by atoms with E-state index >= 15 is 0 Å². The number of carbonyl (C=O) groups excluding carboxylic acids is 1. The lowest BCUT2D eigenvalue weighted by atomic mass is 10.2. The highest BCUT2D eigenvalue weighted by Crippen LogP contribution is 2.11. The van der Waals surface area contributed by atoms with Crippen molar-refractivity contribution in [3.05, 3.63) is 41.3 Å². The Bertz CT molecular complexity index is 663. The third kappa shape index (κ3) is 2.82. The highest BCUT2D eigenvalue weighted by Gasteiger charge is 2.12. The number of aryl methyl sites for hydroxylation is 1. The SMILES string of the molecule is CCOC(=O)c1cnn(-c2cc(C(=O)O)cc(C)n2)c1. The van der Waals surface area contributed by atoms with Gasteiger partial charge < -0.3 is 9.84 Å². The second-order valence-electron chi connectivity index (χ2n) is 4.05. The van der Waals surface area contributed by atoms with Crippen LogP contribution in [-0.4, -0.2) is 38.4 Å². The van der Waals surface area contributed by atoms with Crippen molar-refractivity contribution < 1.29 is 19.4 Å². The first-order valence-electron chi connectivity index (χ1n) is 5.95. The first kappa shape index (κ1) is 13.7. The Morgan fingerprint density at radius 3 is 2.75 bits per heavy atom. The fourth-order valence-electron chi connectivity index (χ4n) is 1.66. The molecule has 0 saturated carbocycles. The number of ether oxygens (including phenoxy) is 1. The van der Waals surface area contributed by atoms with E-state index in [9.17, 15) is 9.59 Å². The van der Waals surface area contributed by atoms with E-state index in [1.807, 2.05) is 0 Å². The maximum Gasteiger partial charge on any atom is 0.341 e. The molecule has 2 aromatic rings. The van der Waals surface area contributed by atoms with Crippen molar-refractivity contribution in [1.82, 2.24) is 14.8 Å². The summed E-state index contributed by atoms with van der Waals surface area (Å²) in [5.41, 5.74) is 0.945. The summed E-state index contributed by atoms with van der Waals surface area (Å²) in [5.74, 6) is -1.20. The molecule has 20 heavy (non-hydrogen) atoms. The molecule has 7 heteroatoms. The van der Waals surface area contributed by atoms with Gasteiger partial charge in [0.2, 0.25) is 0 Å². The molecule has 0 atom stereocenters. The Balaban J connectivity index is 2.37. The Kier molecular flexibility index (Phi) is 3.79. The second kappa shape index (κ2) is 5.52. The fraction of sp³-hybridized carbons (Fsp3) is 0.231. The predicted octanol–water partition coefficient (Wildman–Crippen LogP) is 1.45. The van der Waals surface area contributed by atoms with Gasteiger partial charge in [-0.2, -0.15) is 5.10 Å². The van der Waals surface area contributed by atoms with Gasteiger partial charge in [-0.05, 0) is 26.0 Å². The number of hydrogen-bond acceptors (Lipinski definition) is 5. The van der Waals surface area contributed by atoms with Crippen LogP contribution in [0.5, 0.6) is 0 Å². The molecule has 1 N–H and O–H groups in total. The van der Waals surface area contributed by atoms with Crippen molar-refractivity contribution in [3.8, 4) is 5.82 Å². The summed E-state index contributed by atoms with van der Waals surface area (Å²) in [6.07, 6.45) is 2.80. The van der Waals surface area contributed by atoms with Gasteiger partial charge in [0.15, 0.2) is 5.82 Å². The van der Waals surface area contributed by atoms with Crippen LogP contribution in [0.1, 0.15) is 33.3 Å². The van der Waals surface area contributed by atoms with E-state index in [4.69, 9.17) is 9.84 Å². The molecule has 2 aromatic heterocycles. The van der Waals surface area contributed by atoms with Gasteiger partial charge in [-0.15, -0.1) is 0 Å². The van der Waals surface area contributed by atoms with E-state index in [1.54, 1.807) is 13.8 Å². The Hall–Kier alpha value is -2.70. The number of carboxylic acids is 1. The number of carbonyl (C=O) groups is 2. The van der Waals surface area contributed by atoms with Crippen molar-refractivity contribution in [2.24, 2.45) is 0 Å². The highest BCUT2D eigenvalue weighted by atomic mass is 16.5. The largest absolute Gasteiger partial charge is 0.478 e. The van der Waals surface area contributed by atoms with Gasteiger partial charge in [-0.25, -0.2) is 19.3 Å². The van der Waals surface area contributed by atoms with Gasteiger partial charge in [-0.1, -0.05) is 0 Å². The molecule has 0 spiro atoms. The molecule has 0 saturated heterocycles. The lowest BCUT2D eigenvalue weighted by Gasteiger charge is -2.03. The number of carboxylic acid groups (broad SMARTS) is 1. The molecule has 2 heterocycles. The predicted molar refractivity (Wildman–Crippen MR) is 69.0 cm³/mol. The number of esters is 1. The monoisotopic (exact) mass is 275 g/mol. The van der Waals surface area contributed by atoms with Crippen LogP contribution in [0, 0.1) is 6.92 Å². The van der Waals surface area contributed by atoms with E-state index in [-0.39, 0.29) is 17.7 Å². The smallest absolute Gasteiger partial charge is 0.341 e. The molecule has 0 aromatic carbocycles. The summed E-state index contributed by atoms with van der Waals surface area (Å²) in [7, 11) is 0. The highest BCUT2D eigenvalue weighted by molar-refractivity contribution is 5.89. The van der Waals surface area contributed by atoms with Crippen molar-refractivity contribution in [2.75, 3.05) is 6.61 Å². The molecule has 0 aliphatic carbocycles. The number of aromatic nitrogens is 3. The Labute approximate surface area is 114 Å². The number of rotatable bonds is 4. The summed E-state index contributed by atoms with van der Waals surface area (Å²) in [6, 6.07) is 2.85. The average molecular weight is 275 g/mol. The molecule has 0 fully saturated rings. The van der Waals surface area contributed by atoms with Gasteiger partial charge in [0.25, 0.3) is 0 Å². The molecule has 2 rings (SSSR count). The van der Waals surface area contributed by atoms with Gasteiger partial charge in [0.05, 0.1) is 23.9 Å². The number of pyridine rings is 1. The van der Waals surface area contributed by atoms with Gasteiger partial charge in [0, 0.05) is 11.9 Å². The lowest BCUT2D eigenvalue weighted by Crippen LogP contribution is -2.05. The van der Waals surface area contributed by atoms with Crippen molar-refractivity contribution in [2.45, 2.75) is 13.8 Å². The number of aromatic carboxylic acids is 1. The summed E-state index contributed by atoms with van der Waals surface area (Å²) in [4.78, 5) is 26.7. The molecular formula is C13H13N3O4. The van der Waals surface area contributed by atoms with Crippen LogP contribution in [0.25, 0.3) is 5.82 Å². The van der Waals surface area contributed by atoms with Gasteiger partial charge >= 0.3 is 11.9 Å². The number of hydrogen-bond donors (Lipinski definition) is 1. The Morgan fingerprint density at radius 1 is 1.35 bits per heavy atom. The van der Waals surface area contributed by atoms with E-state index in [2.05, 4.69) is 10.1 Å². The third-order valence-corrected chi connectivity index (χ3v) is 2.52. The van der Waals surface area contributed by atoms with Gasteiger partial charge in [0.1, 0.15) is 0 Å². The molecule has 0 aliphatic rings. The average Bonchev–Trinajstić information content (AvgIpc) is 2.88. The first-order chi connectivity index (χ1) is 9.51. The third-order valence-electron chi connectivity index (χ3n) is 2.52. The number of nitrogens with zero attached hydrogens (tertiary/aromatic N) is 3. The second-order valence-corrected chi connectivity index (χ2v) is 4.05.